The minimum atomic E-state index is -0.358. The zero-order chi connectivity index (χ0) is 15.1. The van der Waals surface area contributed by atoms with Crippen LogP contribution < -0.4 is 0 Å². The molecule has 4 heteroatoms. The first-order valence-electron chi connectivity index (χ1n) is 6.85. The van der Waals surface area contributed by atoms with E-state index >= 15 is 0 Å². The van der Waals surface area contributed by atoms with Crippen LogP contribution in [0.1, 0.15) is 15.9 Å². The number of aliphatic hydroxyl groups is 1. The van der Waals surface area contributed by atoms with E-state index in [4.69, 9.17) is 5.11 Å². The van der Waals surface area contributed by atoms with Crippen molar-refractivity contribution in [3.63, 3.8) is 0 Å². The van der Waals surface area contributed by atoms with Gasteiger partial charge in [-0.2, -0.15) is 0 Å². The maximum Gasteiger partial charge on any atom is 0.176 e. The lowest BCUT2D eigenvalue weighted by molar-refractivity contribution is 0.0908. The van der Waals surface area contributed by atoms with Gasteiger partial charge in [-0.15, -0.1) is 0 Å². The van der Waals surface area contributed by atoms with Crippen LogP contribution in [0.2, 0.25) is 0 Å². The highest BCUT2D eigenvalue weighted by Crippen LogP contribution is 2.08. The summed E-state index contributed by atoms with van der Waals surface area (Å²) in [5.41, 5.74) is 1.56. The topological polar surface area (TPSA) is 40.5 Å². The summed E-state index contributed by atoms with van der Waals surface area (Å²) in [5, 5.41) is 9.13. The zero-order valence-electron chi connectivity index (χ0n) is 11.7. The Morgan fingerprint density at radius 3 is 2.33 bits per heavy atom. The van der Waals surface area contributed by atoms with Gasteiger partial charge in [-0.25, -0.2) is 4.39 Å². The predicted octanol–water partition coefficient (Wildman–Crippen LogP) is 2.50. The molecule has 0 spiro atoms. The Kier molecular flexibility index (Phi) is 5.60. The van der Waals surface area contributed by atoms with Gasteiger partial charge in [-0.05, 0) is 29.8 Å². The van der Waals surface area contributed by atoms with Crippen molar-refractivity contribution in [3.05, 3.63) is 71.5 Å². The SMILES string of the molecule is O=C(CN(CCO)Cc1ccccc1)c1ccc(F)cc1. The number of ketones is 1. The van der Waals surface area contributed by atoms with E-state index in [1.807, 2.05) is 35.2 Å². The molecule has 0 saturated carbocycles. The van der Waals surface area contributed by atoms with Crippen molar-refractivity contribution in [2.24, 2.45) is 0 Å². The van der Waals surface area contributed by atoms with E-state index < -0.39 is 0 Å². The number of benzene rings is 2. The Bertz CT molecular complexity index is 569. The molecule has 0 aromatic heterocycles. The normalized spacial score (nSPS) is 10.8. The van der Waals surface area contributed by atoms with E-state index in [1.54, 1.807) is 0 Å². The van der Waals surface area contributed by atoms with Crippen molar-refractivity contribution in [1.29, 1.82) is 0 Å². The average Bonchev–Trinajstić information content (AvgIpc) is 2.49. The number of nitrogens with zero attached hydrogens (tertiary/aromatic N) is 1. The van der Waals surface area contributed by atoms with E-state index in [-0.39, 0.29) is 24.8 Å². The summed E-state index contributed by atoms with van der Waals surface area (Å²) in [5.74, 6) is -0.442. The Labute approximate surface area is 123 Å². The summed E-state index contributed by atoms with van der Waals surface area (Å²) in [7, 11) is 0. The molecule has 0 amide bonds. The van der Waals surface area contributed by atoms with Crippen LogP contribution in [0.25, 0.3) is 0 Å². The van der Waals surface area contributed by atoms with Crippen molar-refractivity contribution >= 4 is 5.78 Å². The second-order valence-electron chi connectivity index (χ2n) is 4.85. The predicted molar refractivity (Wildman–Crippen MR) is 79.5 cm³/mol. The lowest BCUT2D eigenvalue weighted by Gasteiger charge is -2.20. The second kappa shape index (κ2) is 7.67. The molecule has 0 aliphatic heterocycles. The standard InChI is InChI=1S/C17H18FNO2/c18-16-8-6-15(7-9-16)17(21)13-19(10-11-20)12-14-4-2-1-3-5-14/h1-9,20H,10-13H2. The van der Waals surface area contributed by atoms with Crippen LogP contribution in [-0.4, -0.2) is 35.5 Å². The van der Waals surface area contributed by atoms with E-state index in [9.17, 15) is 9.18 Å². The molecule has 0 fully saturated rings. The molecule has 0 atom stereocenters. The molecule has 3 nitrogen and oxygen atoms in total. The molecule has 110 valence electrons. The summed E-state index contributed by atoms with van der Waals surface area (Å²) < 4.78 is 12.9. The monoisotopic (exact) mass is 287 g/mol. The number of carbonyl (C=O) groups is 1. The van der Waals surface area contributed by atoms with Crippen molar-refractivity contribution in [3.8, 4) is 0 Å². The van der Waals surface area contributed by atoms with Crippen molar-refractivity contribution < 1.29 is 14.3 Å². The first-order valence-corrected chi connectivity index (χ1v) is 6.85. The molecule has 0 aliphatic carbocycles. The first kappa shape index (κ1) is 15.4. The number of Topliss-reactive ketones (excluding diaryl/α,β-unsaturated/α-hetero) is 1. The van der Waals surface area contributed by atoms with Gasteiger partial charge < -0.3 is 5.11 Å². The van der Waals surface area contributed by atoms with E-state index in [1.165, 1.54) is 24.3 Å². The van der Waals surface area contributed by atoms with E-state index in [0.717, 1.165) is 5.56 Å². The van der Waals surface area contributed by atoms with Gasteiger partial charge in [0.1, 0.15) is 5.82 Å². The number of carbonyl (C=O) groups excluding carboxylic acids is 1. The highest BCUT2D eigenvalue weighted by molar-refractivity contribution is 5.97. The fourth-order valence-electron chi connectivity index (χ4n) is 2.13. The number of aliphatic hydroxyl groups excluding tert-OH is 1. The number of hydrogen-bond donors (Lipinski definition) is 1. The molecule has 0 saturated heterocycles. The fourth-order valence-corrected chi connectivity index (χ4v) is 2.13. The van der Waals surface area contributed by atoms with Crippen molar-refractivity contribution in [1.82, 2.24) is 4.90 Å². The van der Waals surface area contributed by atoms with Gasteiger partial charge >= 0.3 is 0 Å². The molecule has 2 aromatic carbocycles. The highest BCUT2D eigenvalue weighted by atomic mass is 19.1. The zero-order valence-corrected chi connectivity index (χ0v) is 11.7. The minimum absolute atomic E-state index is 0.0104. The smallest absolute Gasteiger partial charge is 0.176 e. The Morgan fingerprint density at radius 1 is 1.05 bits per heavy atom. The summed E-state index contributed by atoms with van der Waals surface area (Å²) in [4.78, 5) is 14.1. The molecular formula is C17H18FNO2. The van der Waals surface area contributed by atoms with Crippen LogP contribution in [0.5, 0.6) is 0 Å². The third-order valence-electron chi connectivity index (χ3n) is 3.20. The van der Waals surface area contributed by atoms with Gasteiger partial charge in [-0.3, -0.25) is 9.69 Å². The molecular weight excluding hydrogens is 269 g/mol. The van der Waals surface area contributed by atoms with Crippen molar-refractivity contribution in [2.45, 2.75) is 6.54 Å². The highest BCUT2D eigenvalue weighted by Gasteiger charge is 2.12. The Morgan fingerprint density at radius 2 is 1.71 bits per heavy atom. The molecule has 2 rings (SSSR count). The molecule has 2 aromatic rings. The van der Waals surface area contributed by atoms with E-state index in [2.05, 4.69) is 0 Å². The third kappa shape index (κ3) is 4.77. The quantitative estimate of drug-likeness (QED) is 0.795. The van der Waals surface area contributed by atoms with Crippen LogP contribution in [0.3, 0.4) is 0 Å². The van der Waals surface area contributed by atoms with Crippen LogP contribution in [-0.2, 0) is 6.54 Å². The first-order chi connectivity index (χ1) is 10.2. The van der Waals surface area contributed by atoms with Crippen LogP contribution >= 0.6 is 0 Å². The lowest BCUT2D eigenvalue weighted by Crippen LogP contribution is -2.32. The van der Waals surface area contributed by atoms with Gasteiger partial charge in [0.25, 0.3) is 0 Å². The van der Waals surface area contributed by atoms with E-state index in [0.29, 0.717) is 18.7 Å². The largest absolute Gasteiger partial charge is 0.395 e. The van der Waals surface area contributed by atoms with Crippen LogP contribution in [0.4, 0.5) is 4.39 Å². The van der Waals surface area contributed by atoms with Crippen molar-refractivity contribution in [2.75, 3.05) is 19.7 Å². The molecule has 0 bridgehead atoms. The average molecular weight is 287 g/mol. The minimum Gasteiger partial charge on any atom is -0.395 e. The number of halogens is 1. The van der Waals surface area contributed by atoms with Gasteiger partial charge in [-0.1, -0.05) is 30.3 Å². The molecule has 1 N–H and O–H groups in total. The van der Waals surface area contributed by atoms with Gasteiger partial charge in [0.15, 0.2) is 5.78 Å². The molecule has 21 heavy (non-hydrogen) atoms. The fraction of sp³-hybridized carbons (Fsp3) is 0.235. The lowest BCUT2D eigenvalue weighted by atomic mass is 10.1. The molecule has 0 radical (unpaired) electrons. The number of hydrogen-bond acceptors (Lipinski definition) is 3. The Hall–Kier alpha value is -2.04. The summed E-state index contributed by atoms with van der Waals surface area (Å²) in [6.07, 6.45) is 0. The van der Waals surface area contributed by atoms with Crippen LogP contribution in [0.15, 0.2) is 54.6 Å². The van der Waals surface area contributed by atoms with Crippen LogP contribution in [0, 0.1) is 5.82 Å². The second-order valence-corrected chi connectivity index (χ2v) is 4.85. The summed E-state index contributed by atoms with van der Waals surface area (Å²) >= 11 is 0. The van der Waals surface area contributed by atoms with Gasteiger partial charge in [0, 0.05) is 18.7 Å². The molecule has 0 heterocycles. The molecule has 0 aliphatic rings. The molecule has 0 unspecified atom stereocenters. The Balaban J connectivity index is 2.02. The third-order valence-corrected chi connectivity index (χ3v) is 3.20. The summed E-state index contributed by atoms with van der Waals surface area (Å²) in [6, 6.07) is 15.3. The maximum absolute atomic E-state index is 12.9. The van der Waals surface area contributed by atoms with Gasteiger partial charge in [0.2, 0.25) is 0 Å². The number of rotatable bonds is 7. The van der Waals surface area contributed by atoms with Gasteiger partial charge in [0.05, 0.1) is 13.2 Å². The summed E-state index contributed by atoms with van der Waals surface area (Å²) in [6.45, 7) is 1.20. The maximum atomic E-state index is 12.9.